The molecule has 12 rings (SSSR count). The maximum Gasteiger partial charge on any atom is 0.164 e. The highest BCUT2D eigenvalue weighted by Crippen LogP contribution is 2.44. The van der Waals surface area contributed by atoms with E-state index in [1.165, 1.54) is 16.2 Å². The summed E-state index contributed by atoms with van der Waals surface area (Å²) >= 11 is 0. The fourth-order valence-corrected chi connectivity index (χ4v) is 8.64. The lowest BCUT2D eigenvalue weighted by molar-refractivity contribution is 0.531. The van der Waals surface area contributed by atoms with Crippen LogP contribution in [0.3, 0.4) is 0 Å². The van der Waals surface area contributed by atoms with Gasteiger partial charge in [0.1, 0.15) is 22.5 Å². The van der Waals surface area contributed by atoms with E-state index in [9.17, 15) is 0 Å². The highest BCUT2D eigenvalue weighted by atomic mass is 16.3. The maximum absolute atomic E-state index is 6.67. The number of hydrogen-bond acceptors (Lipinski definition) is 5. The number of fused-ring (bicyclic) bond motifs is 10. The van der Waals surface area contributed by atoms with Crippen molar-refractivity contribution in [2.24, 2.45) is 0 Å². The second kappa shape index (κ2) is 12.1. The van der Waals surface area contributed by atoms with Crippen molar-refractivity contribution in [1.82, 2.24) is 15.0 Å². The van der Waals surface area contributed by atoms with Gasteiger partial charge in [-0.1, -0.05) is 140 Å². The molecule has 5 nitrogen and oxygen atoms in total. The number of allylic oxidation sites excluding steroid dienone is 1. The minimum atomic E-state index is -0.0163. The molecule has 1 aliphatic carbocycles. The lowest BCUT2D eigenvalue weighted by atomic mass is 9.83. The Kier molecular flexibility index (Phi) is 6.69. The molecule has 0 amide bonds. The van der Waals surface area contributed by atoms with Crippen LogP contribution in [0.4, 0.5) is 0 Å². The number of benzene rings is 8. The van der Waals surface area contributed by atoms with Crippen molar-refractivity contribution in [3.8, 4) is 22.8 Å². The fraction of sp³-hybridized carbons (Fsp3) is 0.0392. The van der Waals surface area contributed by atoms with E-state index in [0.29, 0.717) is 23.9 Å². The lowest BCUT2D eigenvalue weighted by Gasteiger charge is -2.21. The minimum absolute atomic E-state index is 0.0163. The molecule has 0 N–H and O–H groups in total. The van der Waals surface area contributed by atoms with Gasteiger partial charge in [-0.2, -0.15) is 0 Å². The van der Waals surface area contributed by atoms with Gasteiger partial charge in [0.05, 0.1) is 0 Å². The number of rotatable bonds is 4. The second-order valence-corrected chi connectivity index (χ2v) is 14.7. The molecule has 3 aromatic heterocycles. The van der Waals surface area contributed by atoms with Crippen molar-refractivity contribution in [3.05, 3.63) is 193 Å². The average molecular weight is 718 g/mol. The van der Waals surface area contributed by atoms with Crippen molar-refractivity contribution >= 4 is 70.8 Å². The molecular weight excluding hydrogens is 687 g/mol. The van der Waals surface area contributed by atoms with E-state index in [0.717, 1.165) is 82.7 Å². The van der Waals surface area contributed by atoms with Gasteiger partial charge in [-0.25, -0.2) is 15.0 Å². The second-order valence-electron chi connectivity index (χ2n) is 14.7. The largest absolute Gasteiger partial charge is 0.460 e. The van der Waals surface area contributed by atoms with Crippen LogP contribution in [0.5, 0.6) is 0 Å². The fourth-order valence-electron chi connectivity index (χ4n) is 8.64. The van der Waals surface area contributed by atoms with Crippen LogP contribution < -0.4 is 0 Å². The van der Waals surface area contributed by atoms with Crippen LogP contribution >= 0.6 is 0 Å². The third kappa shape index (κ3) is 4.91. The first-order chi connectivity index (χ1) is 27.7. The SMILES string of the molecule is C1=C(c2nc(-c3ccc4ccccc4c3)nc(-c3ccc4ccccc4c3)n2)c2c(oc3ccccc23)CC1c1ccc2c(c1)oc1c3ccccc3ccc21. The van der Waals surface area contributed by atoms with Crippen molar-refractivity contribution in [2.75, 3.05) is 0 Å². The van der Waals surface area contributed by atoms with E-state index in [4.69, 9.17) is 23.8 Å². The molecule has 0 bridgehead atoms. The zero-order valence-corrected chi connectivity index (χ0v) is 30.1. The average Bonchev–Trinajstić information content (AvgIpc) is 3.84. The molecule has 1 aliphatic rings. The maximum atomic E-state index is 6.67. The van der Waals surface area contributed by atoms with E-state index in [2.05, 4.69) is 158 Å². The number of furan rings is 2. The van der Waals surface area contributed by atoms with Crippen LogP contribution in [0, 0.1) is 0 Å². The highest BCUT2D eigenvalue weighted by Gasteiger charge is 2.30. The predicted molar refractivity (Wildman–Crippen MR) is 227 cm³/mol. The van der Waals surface area contributed by atoms with Gasteiger partial charge in [0, 0.05) is 56.1 Å². The van der Waals surface area contributed by atoms with Gasteiger partial charge in [-0.15, -0.1) is 0 Å². The molecule has 0 fully saturated rings. The Morgan fingerprint density at radius 2 is 1.02 bits per heavy atom. The Hall–Kier alpha value is -7.37. The minimum Gasteiger partial charge on any atom is -0.460 e. The summed E-state index contributed by atoms with van der Waals surface area (Å²) in [5, 5.41) is 10.2. The van der Waals surface area contributed by atoms with Crippen LogP contribution in [0.25, 0.3) is 93.6 Å². The summed E-state index contributed by atoms with van der Waals surface area (Å²) in [6.07, 6.45) is 3.02. The molecule has 5 heteroatoms. The summed E-state index contributed by atoms with van der Waals surface area (Å²) in [5.74, 6) is 2.76. The number of nitrogens with zero attached hydrogens (tertiary/aromatic N) is 3. The quantitative estimate of drug-likeness (QED) is 0.181. The number of aromatic nitrogens is 3. The summed E-state index contributed by atoms with van der Waals surface area (Å²) in [5.41, 5.74) is 7.62. The molecule has 1 unspecified atom stereocenters. The third-order valence-corrected chi connectivity index (χ3v) is 11.4. The van der Waals surface area contributed by atoms with E-state index in [-0.39, 0.29) is 5.92 Å². The molecule has 0 spiro atoms. The first-order valence-electron chi connectivity index (χ1n) is 19.0. The van der Waals surface area contributed by atoms with E-state index < -0.39 is 0 Å². The third-order valence-electron chi connectivity index (χ3n) is 11.4. The summed E-state index contributed by atoms with van der Waals surface area (Å²) in [6, 6.07) is 57.2. The summed E-state index contributed by atoms with van der Waals surface area (Å²) in [6.45, 7) is 0. The van der Waals surface area contributed by atoms with E-state index in [1.807, 2.05) is 12.1 Å². The van der Waals surface area contributed by atoms with Crippen LogP contribution in [0.1, 0.15) is 28.6 Å². The Labute approximate surface area is 321 Å². The van der Waals surface area contributed by atoms with Crippen LogP contribution in [0.2, 0.25) is 0 Å². The molecule has 0 saturated carbocycles. The normalized spacial score (nSPS) is 14.3. The summed E-state index contributed by atoms with van der Waals surface area (Å²) < 4.78 is 13.3. The molecule has 11 aromatic rings. The van der Waals surface area contributed by atoms with Crippen LogP contribution in [-0.4, -0.2) is 15.0 Å². The Balaban J connectivity index is 1.07. The van der Waals surface area contributed by atoms with Crippen LogP contribution in [-0.2, 0) is 6.42 Å². The lowest BCUT2D eigenvalue weighted by Crippen LogP contribution is -2.11. The number of hydrogen-bond donors (Lipinski definition) is 0. The van der Waals surface area contributed by atoms with Gasteiger partial charge in [-0.3, -0.25) is 0 Å². The summed E-state index contributed by atoms with van der Waals surface area (Å²) in [7, 11) is 0. The molecule has 56 heavy (non-hydrogen) atoms. The smallest absolute Gasteiger partial charge is 0.164 e. The molecule has 262 valence electrons. The van der Waals surface area contributed by atoms with Gasteiger partial charge in [0.25, 0.3) is 0 Å². The molecule has 1 atom stereocenters. The molecule has 0 saturated heterocycles. The van der Waals surface area contributed by atoms with Gasteiger partial charge >= 0.3 is 0 Å². The van der Waals surface area contributed by atoms with Gasteiger partial charge in [-0.05, 0) is 62.8 Å². The molecule has 3 heterocycles. The highest BCUT2D eigenvalue weighted by molar-refractivity contribution is 6.15. The zero-order chi connectivity index (χ0) is 36.7. The van der Waals surface area contributed by atoms with Crippen LogP contribution in [0.15, 0.2) is 179 Å². The van der Waals surface area contributed by atoms with Gasteiger partial charge in [0.15, 0.2) is 17.5 Å². The van der Waals surface area contributed by atoms with Gasteiger partial charge < -0.3 is 8.83 Å². The monoisotopic (exact) mass is 717 g/mol. The van der Waals surface area contributed by atoms with E-state index in [1.54, 1.807) is 0 Å². The Morgan fingerprint density at radius 1 is 0.429 bits per heavy atom. The predicted octanol–water partition coefficient (Wildman–Crippen LogP) is 13.1. The topological polar surface area (TPSA) is 65.0 Å². The molecule has 0 aliphatic heterocycles. The molecular formula is C51H31N3O2. The Bertz CT molecular complexity index is 3330. The van der Waals surface area contributed by atoms with Crippen molar-refractivity contribution < 1.29 is 8.83 Å². The molecule has 8 aromatic carbocycles. The zero-order valence-electron chi connectivity index (χ0n) is 30.1. The summed E-state index contributed by atoms with van der Waals surface area (Å²) in [4.78, 5) is 15.7. The van der Waals surface area contributed by atoms with Crippen molar-refractivity contribution in [2.45, 2.75) is 12.3 Å². The van der Waals surface area contributed by atoms with Gasteiger partial charge in [0.2, 0.25) is 0 Å². The van der Waals surface area contributed by atoms with Crippen molar-refractivity contribution in [1.29, 1.82) is 0 Å². The Morgan fingerprint density at radius 3 is 1.75 bits per heavy atom. The molecule has 0 radical (unpaired) electrons. The standard InChI is InChI=1S/C51H31N3O2/c1-3-12-33-25-36(19-17-30(33)9-1)49-52-50(37-20-18-31-10-2-4-13-34(31)26-37)54-51(53-49)43-27-38(29-46-47(43)42-15-7-8-16-44(42)55-46)35-22-23-40-41-24-21-32-11-5-6-14-39(32)48(41)56-45(40)28-35/h1-28,38H,29H2. The van der Waals surface area contributed by atoms with Crippen molar-refractivity contribution in [3.63, 3.8) is 0 Å². The number of para-hydroxylation sites is 1. The van der Waals surface area contributed by atoms with E-state index >= 15 is 0 Å². The first kappa shape index (κ1) is 31.0. The first-order valence-corrected chi connectivity index (χ1v) is 19.0.